The van der Waals surface area contributed by atoms with Gasteiger partial charge in [-0.25, -0.2) is 4.98 Å². The second-order valence-electron chi connectivity index (χ2n) is 6.08. The van der Waals surface area contributed by atoms with E-state index < -0.39 is 0 Å². The van der Waals surface area contributed by atoms with Crippen LogP contribution >= 0.6 is 0 Å². The van der Waals surface area contributed by atoms with Crippen LogP contribution in [0.2, 0.25) is 0 Å². The van der Waals surface area contributed by atoms with Gasteiger partial charge in [0.05, 0.1) is 25.3 Å². The molecule has 0 N–H and O–H groups in total. The van der Waals surface area contributed by atoms with Crippen molar-refractivity contribution in [1.82, 2.24) is 24.5 Å². The van der Waals surface area contributed by atoms with Gasteiger partial charge in [-0.3, -0.25) is 4.79 Å². The molecule has 3 aromatic rings. The molecule has 4 rings (SSSR count). The van der Waals surface area contributed by atoms with Gasteiger partial charge in [0.2, 0.25) is 5.91 Å². The Hall–Kier alpha value is -2.96. The number of likely N-dealkylation sites (tertiary alicyclic amines) is 1. The molecule has 1 aliphatic heterocycles. The van der Waals surface area contributed by atoms with Crippen LogP contribution in [0.25, 0.3) is 5.78 Å². The van der Waals surface area contributed by atoms with Gasteiger partial charge in [0, 0.05) is 18.3 Å². The zero-order valence-electron chi connectivity index (χ0n) is 14.0. The Labute approximate surface area is 145 Å². The predicted octanol–water partition coefficient (Wildman–Crippen LogP) is 2.04. The third-order valence-electron chi connectivity index (χ3n) is 4.66. The Bertz CT molecular complexity index is 907. The summed E-state index contributed by atoms with van der Waals surface area (Å²) < 4.78 is 7.09. The number of amides is 1. The number of carbonyl (C=O) groups excluding carboxylic acids is 1. The summed E-state index contributed by atoms with van der Waals surface area (Å²) in [5, 5.41) is 4.25. The fourth-order valence-corrected chi connectivity index (χ4v) is 3.49. The van der Waals surface area contributed by atoms with Crippen molar-refractivity contribution in [2.45, 2.75) is 25.3 Å². The number of hydrogen-bond acceptors (Lipinski definition) is 5. The van der Waals surface area contributed by atoms with Crippen LogP contribution in [0.4, 0.5) is 0 Å². The minimum absolute atomic E-state index is 0.00518. The van der Waals surface area contributed by atoms with Crippen molar-refractivity contribution in [2.75, 3.05) is 13.7 Å². The summed E-state index contributed by atoms with van der Waals surface area (Å²) in [7, 11) is 1.63. The van der Waals surface area contributed by atoms with Crippen LogP contribution in [0, 0.1) is 0 Å². The maximum Gasteiger partial charge on any atom is 0.252 e. The van der Waals surface area contributed by atoms with E-state index in [1.165, 1.54) is 6.33 Å². The monoisotopic (exact) mass is 337 g/mol. The molecular weight excluding hydrogens is 318 g/mol. The Morgan fingerprint density at radius 1 is 1.28 bits per heavy atom. The van der Waals surface area contributed by atoms with Crippen LogP contribution in [0.3, 0.4) is 0 Å². The molecule has 7 nitrogen and oxygen atoms in total. The Kier molecular flexibility index (Phi) is 4.05. The molecule has 2 aromatic heterocycles. The van der Waals surface area contributed by atoms with Gasteiger partial charge < -0.3 is 9.64 Å². The van der Waals surface area contributed by atoms with Gasteiger partial charge in [-0.2, -0.15) is 14.6 Å². The molecule has 25 heavy (non-hydrogen) atoms. The van der Waals surface area contributed by atoms with E-state index in [1.54, 1.807) is 17.8 Å². The third kappa shape index (κ3) is 2.82. The molecule has 0 spiro atoms. The smallest absolute Gasteiger partial charge is 0.252 e. The summed E-state index contributed by atoms with van der Waals surface area (Å²) in [6.07, 6.45) is 5.42. The van der Waals surface area contributed by atoms with Gasteiger partial charge in [0.1, 0.15) is 12.1 Å². The number of aromatic nitrogens is 4. The van der Waals surface area contributed by atoms with Crippen LogP contribution in [0.1, 0.15) is 30.1 Å². The molecule has 1 aliphatic rings. The standard InChI is InChI=1S/C18H19N5O2/c1-25-16-7-3-2-5-13(16)11-17(24)22-10-4-6-14(22)15-8-9-19-18-20-12-21-23(15)18/h2-3,5,7-9,12,14H,4,6,10-11H2,1H3/t14-/m0/s1. The molecular formula is C18H19N5O2. The van der Waals surface area contributed by atoms with Crippen LogP contribution in [0.15, 0.2) is 42.9 Å². The Morgan fingerprint density at radius 2 is 2.16 bits per heavy atom. The number of hydrogen-bond donors (Lipinski definition) is 0. The third-order valence-corrected chi connectivity index (χ3v) is 4.66. The van der Waals surface area contributed by atoms with Crippen molar-refractivity contribution >= 4 is 11.7 Å². The molecule has 128 valence electrons. The molecule has 1 atom stereocenters. The molecule has 1 amide bonds. The average molecular weight is 337 g/mol. The average Bonchev–Trinajstić information content (AvgIpc) is 3.31. The highest BCUT2D eigenvalue weighted by atomic mass is 16.5. The van der Waals surface area contributed by atoms with Crippen LogP contribution in [-0.2, 0) is 11.2 Å². The highest BCUT2D eigenvalue weighted by Crippen LogP contribution is 2.32. The molecule has 0 saturated carbocycles. The van der Waals surface area contributed by atoms with E-state index in [0.29, 0.717) is 12.2 Å². The van der Waals surface area contributed by atoms with Crippen molar-refractivity contribution in [2.24, 2.45) is 0 Å². The normalized spacial score (nSPS) is 17.2. The zero-order chi connectivity index (χ0) is 17.2. The number of para-hydroxylation sites is 1. The summed E-state index contributed by atoms with van der Waals surface area (Å²) in [5.74, 6) is 1.40. The minimum atomic E-state index is -0.00518. The molecule has 1 saturated heterocycles. The quantitative estimate of drug-likeness (QED) is 0.728. The van der Waals surface area contributed by atoms with Gasteiger partial charge in [-0.15, -0.1) is 0 Å². The maximum absolute atomic E-state index is 13.0. The van der Waals surface area contributed by atoms with E-state index >= 15 is 0 Å². The molecule has 0 unspecified atom stereocenters. The second-order valence-corrected chi connectivity index (χ2v) is 6.08. The molecule has 7 heteroatoms. The van der Waals surface area contributed by atoms with E-state index in [-0.39, 0.29) is 11.9 Å². The summed E-state index contributed by atoms with van der Waals surface area (Å²) >= 11 is 0. The van der Waals surface area contributed by atoms with E-state index in [4.69, 9.17) is 4.74 Å². The lowest BCUT2D eigenvalue weighted by atomic mass is 10.1. The fraction of sp³-hybridized carbons (Fsp3) is 0.333. The first-order chi connectivity index (χ1) is 12.3. The molecule has 3 heterocycles. The van der Waals surface area contributed by atoms with Crippen molar-refractivity contribution in [3.05, 3.63) is 54.1 Å². The predicted molar refractivity (Wildman–Crippen MR) is 91.2 cm³/mol. The summed E-state index contributed by atoms with van der Waals surface area (Å²) in [6, 6.07) is 9.56. The van der Waals surface area contributed by atoms with Gasteiger partial charge in [0.25, 0.3) is 5.78 Å². The van der Waals surface area contributed by atoms with Crippen molar-refractivity contribution in [3.63, 3.8) is 0 Å². The lowest BCUT2D eigenvalue weighted by Crippen LogP contribution is -2.33. The summed E-state index contributed by atoms with van der Waals surface area (Å²) in [6.45, 7) is 0.747. The number of carbonyl (C=O) groups is 1. The van der Waals surface area contributed by atoms with E-state index in [0.717, 1.165) is 36.4 Å². The first-order valence-corrected chi connectivity index (χ1v) is 8.34. The Balaban J connectivity index is 1.61. The number of rotatable bonds is 4. The zero-order valence-corrected chi connectivity index (χ0v) is 14.0. The molecule has 1 aromatic carbocycles. The number of fused-ring (bicyclic) bond motifs is 1. The van der Waals surface area contributed by atoms with E-state index in [9.17, 15) is 4.79 Å². The van der Waals surface area contributed by atoms with Crippen molar-refractivity contribution in [3.8, 4) is 5.75 Å². The maximum atomic E-state index is 13.0. The summed E-state index contributed by atoms with van der Waals surface area (Å²) in [5.41, 5.74) is 1.86. The SMILES string of the molecule is COc1ccccc1CC(=O)N1CCC[C@H]1c1ccnc2ncnn12. The first-order valence-electron chi connectivity index (χ1n) is 8.34. The topological polar surface area (TPSA) is 72.6 Å². The van der Waals surface area contributed by atoms with E-state index in [1.807, 2.05) is 35.2 Å². The number of ether oxygens (including phenoxy) is 1. The van der Waals surface area contributed by atoms with E-state index in [2.05, 4.69) is 15.1 Å². The van der Waals surface area contributed by atoms with Crippen LogP contribution in [-0.4, -0.2) is 44.0 Å². The van der Waals surface area contributed by atoms with Crippen molar-refractivity contribution < 1.29 is 9.53 Å². The lowest BCUT2D eigenvalue weighted by Gasteiger charge is -2.25. The molecule has 0 bridgehead atoms. The van der Waals surface area contributed by atoms with Crippen molar-refractivity contribution in [1.29, 1.82) is 0 Å². The van der Waals surface area contributed by atoms with Gasteiger partial charge >= 0.3 is 0 Å². The lowest BCUT2D eigenvalue weighted by molar-refractivity contribution is -0.131. The minimum Gasteiger partial charge on any atom is -0.496 e. The fourth-order valence-electron chi connectivity index (χ4n) is 3.49. The van der Waals surface area contributed by atoms with Gasteiger partial charge in [-0.05, 0) is 25.0 Å². The Morgan fingerprint density at radius 3 is 3.04 bits per heavy atom. The molecule has 0 radical (unpaired) electrons. The second kappa shape index (κ2) is 6.51. The number of benzene rings is 1. The largest absolute Gasteiger partial charge is 0.496 e. The van der Waals surface area contributed by atoms with Gasteiger partial charge in [-0.1, -0.05) is 18.2 Å². The molecule has 1 fully saturated rings. The van der Waals surface area contributed by atoms with Crippen LogP contribution in [0.5, 0.6) is 5.75 Å². The number of methoxy groups -OCH3 is 1. The highest BCUT2D eigenvalue weighted by molar-refractivity contribution is 5.80. The number of nitrogens with zero attached hydrogens (tertiary/aromatic N) is 5. The summed E-state index contributed by atoms with van der Waals surface area (Å²) in [4.78, 5) is 23.2. The highest BCUT2D eigenvalue weighted by Gasteiger charge is 2.32. The molecule has 0 aliphatic carbocycles. The van der Waals surface area contributed by atoms with Crippen LogP contribution < -0.4 is 4.74 Å². The first kappa shape index (κ1) is 15.6. The van der Waals surface area contributed by atoms with Gasteiger partial charge in [0.15, 0.2) is 0 Å².